The van der Waals surface area contributed by atoms with Crippen LogP contribution >= 0.6 is 0 Å². The van der Waals surface area contributed by atoms with Crippen LogP contribution in [0.5, 0.6) is 5.75 Å². The molecule has 0 bridgehead atoms. The van der Waals surface area contributed by atoms with Crippen LogP contribution in [0.15, 0.2) is 24.3 Å². The third-order valence-corrected chi connectivity index (χ3v) is 3.10. The Morgan fingerprint density at radius 1 is 1.42 bits per heavy atom. The lowest BCUT2D eigenvalue weighted by Gasteiger charge is -2.24. The molecule has 4 heteroatoms. The molecule has 0 unspecified atom stereocenters. The molecule has 0 aliphatic carbocycles. The van der Waals surface area contributed by atoms with E-state index < -0.39 is 0 Å². The molecule has 0 saturated heterocycles. The molecule has 4 N–H and O–H groups in total. The first-order chi connectivity index (χ1) is 8.93. The Bertz CT molecular complexity index is 416. The smallest absolute Gasteiger partial charge is 0.224 e. The molecule has 0 saturated carbocycles. The van der Waals surface area contributed by atoms with Crippen molar-refractivity contribution >= 4 is 5.91 Å². The van der Waals surface area contributed by atoms with E-state index in [2.05, 4.69) is 19.2 Å². The first-order valence-electron chi connectivity index (χ1n) is 6.68. The molecule has 106 valence electrons. The monoisotopic (exact) mass is 264 g/mol. The number of nitrogens with two attached hydrogens (primary N) is 1. The van der Waals surface area contributed by atoms with Crippen LogP contribution in [-0.4, -0.2) is 24.1 Å². The maximum Gasteiger partial charge on any atom is 0.224 e. The number of rotatable bonds is 7. The van der Waals surface area contributed by atoms with Crippen molar-refractivity contribution in [1.29, 1.82) is 0 Å². The highest BCUT2D eigenvalue weighted by Gasteiger charge is 2.18. The van der Waals surface area contributed by atoms with E-state index in [1.807, 2.05) is 6.07 Å². The Balaban J connectivity index is 2.39. The quantitative estimate of drug-likeness (QED) is 0.703. The lowest BCUT2D eigenvalue weighted by atomic mass is 9.87. The van der Waals surface area contributed by atoms with Gasteiger partial charge in [-0.1, -0.05) is 26.0 Å². The van der Waals surface area contributed by atoms with Crippen LogP contribution in [0.3, 0.4) is 0 Å². The van der Waals surface area contributed by atoms with Gasteiger partial charge in [0.25, 0.3) is 0 Å². The molecule has 1 aromatic rings. The van der Waals surface area contributed by atoms with Crippen LogP contribution in [0, 0.1) is 5.41 Å². The molecule has 1 rings (SSSR count). The molecule has 0 radical (unpaired) electrons. The summed E-state index contributed by atoms with van der Waals surface area (Å²) in [5.41, 5.74) is 6.38. The van der Waals surface area contributed by atoms with Gasteiger partial charge in [-0.3, -0.25) is 4.79 Å². The van der Waals surface area contributed by atoms with Crippen molar-refractivity contribution < 1.29 is 9.90 Å². The summed E-state index contributed by atoms with van der Waals surface area (Å²) in [6.07, 6.45) is 2.26. The predicted molar refractivity (Wildman–Crippen MR) is 76.9 cm³/mol. The van der Waals surface area contributed by atoms with Gasteiger partial charge in [-0.15, -0.1) is 0 Å². The number of hydrogen-bond acceptors (Lipinski definition) is 3. The van der Waals surface area contributed by atoms with Crippen molar-refractivity contribution in [2.24, 2.45) is 11.1 Å². The van der Waals surface area contributed by atoms with Gasteiger partial charge in [-0.2, -0.15) is 0 Å². The second-order valence-corrected chi connectivity index (χ2v) is 5.68. The maximum absolute atomic E-state index is 11.8. The van der Waals surface area contributed by atoms with Crippen molar-refractivity contribution in [3.05, 3.63) is 29.8 Å². The summed E-state index contributed by atoms with van der Waals surface area (Å²) in [6.45, 7) is 5.57. The zero-order chi connectivity index (χ0) is 14.3. The summed E-state index contributed by atoms with van der Waals surface area (Å²) in [5.74, 6) is 0.167. The molecule has 4 nitrogen and oxygen atoms in total. The van der Waals surface area contributed by atoms with Crippen LogP contribution in [-0.2, 0) is 11.2 Å². The highest BCUT2D eigenvalue weighted by Crippen LogP contribution is 2.20. The SMILES string of the molecule is CC(C)(CCCN)CNC(=O)Cc1cccc(O)c1. The minimum absolute atomic E-state index is 0.0218. The molecule has 0 aromatic heterocycles. The van der Waals surface area contributed by atoms with Crippen LogP contribution in [0.1, 0.15) is 32.3 Å². The van der Waals surface area contributed by atoms with Crippen LogP contribution in [0.4, 0.5) is 0 Å². The van der Waals surface area contributed by atoms with E-state index in [0.717, 1.165) is 18.4 Å². The largest absolute Gasteiger partial charge is 0.508 e. The van der Waals surface area contributed by atoms with Gasteiger partial charge in [0.05, 0.1) is 6.42 Å². The average Bonchev–Trinajstić information content (AvgIpc) is 2.34. The molecule has 1 aromatic carbocycles. The third-order valence-electron chi connectivity index (χ3n) is 3.10. The predicted octanol–water partition coefficient (Wildman–Crippen LogP) is 1.82. The fraction of sp³-hybridized carbons (Fsp3) is 0.533. The minimum atomic E-state index is -0.0218. The van der Waals surface area contributed by atoms with Crippen molar-refractivity contribution in [2.45, 2.75) is 33.1 Å². The van der Waals surface area contributed by atoms with E-state index in [9.17, 15) is 9.90 Å². The van der Waals surface area contributed by atoms with Crippen molar-refractivity contribution in [3.8, 4) is 5.75 Å². The number of amides is 1. The summed E-state index contributed by atoms with van der Waals surface area (Å²) in [5, 5.41) is 12.3. The zero-order valence-electron chi connectivity index (χ0n) is 11.8. The van der Waals surface area contributed by atoms with E-state index in [1.165, 1.54) is 0 Å². The summed E-state index contributed by atoms with van der Waals surface area (Å²) in [4.78, 5) is 11.8. The molecular weight excluding hydrogens is 240 g/mol. The normalized spacial score (nSPS) is 11.3. The molecule has 0 fully saturated rings. The Labute approximate surface area is 115 Å². The topological polar surface area (TPSA) is 75.3 Å². The van der Waals surface area contributed by atoms with Gasteiger partial charge >= 0.3 is 0 Å². The van der Waals surface area contributed by atoms with E-state index in [4.69, 9.17) is 5.73 Å². The number of nitrogens with one attached hydrogen (secondary N) is 1. The summed E-state index contributed by atoms with van der Waals surface area (Å²) >= 11 is 0. The number of phenolic OH excluding ortho intramolecular Hbond substituents is 1. The van der Waals surface area contributed by atoms with Gasteiger partial charge in [0.15, 0.2) is 0 Å². The van der Waals surface area contributed by atoms with E-state index in [-0.39, 0.29) is 17.1 Å². The highest BCUT2D eigenvalue weighted by molar-refractivity contribution is 5.78. The van der Waals surface area contributed by atoms with Gasteiger partial charge in [0.1, 0.15) is 5.75 Å². The number of hydrogen-bond donors (Lipinski definition) is 3. The number of phenols is 1. The van der Waals surface area contributed by atoms with Gasteiger partial charge in [-0.25, -0.2) is 0 Å². The minimum Gasteiger partial charge on any atom is -0.508 e. The van der Waals surface area contributed by atoms with E-state index in [1.54, 1.807) is 18.2 Å². The molecule has 19 heavy (non-hydrogen) atoms. The fourth-order valence-electron chi connectivity index (χ4n) is 1.92. The Kier molecular flexibility index (Phi) is 5.83. The Morgan fingerprint density at radius 3 is 2.79 bits per heavy atom. The fourth-order valence-corrected chi connectivity index (χ4v) is 1.92. The van der Waals surface area contributed by atoms with Crippen LogP contribution in [0.25, 0.3) is 0 Å². The van der Waals surface area contributed by atoms with Crippen LogP contribution < -0.4 is 11.1 Å². The lowest BCUT2D eigenvalue weighted by molar-refractivity contribution is -0.120. The van der Waals surface area contributed by atoms with Crippen molar-refractivity contribution in [1.82, 2.24) is 5.32 Å². The molecule has 1 amide bonds. The number of benzene rings is 1. The van der Waals surface area contributed by atoms with Gasteiger partial charge in [0, 0.05) is 6.54 Å². The van der Waals surface area contributed by atoms with Crippen molar-refractivity contribution in [2.75, 3.05) is 13.1 Å². The number of aromatic hydroxyl groups is 1. The summed E-state index contributed by atoms with van der Waals surface area (Å²) in [7, 11) is 0. The second-order valence-electron chi connectivity index (χ2n) is 5.68. The number of carbonyl (C=O) groups excluding carboxylic acids is 1. The first-order valence-corrected chi connectivity index (χ1v) is 6.68. The zero-order valence-corrected chi connectivity index (χ0v) is 11.8. The highest BCUT2D eigenvalue weighted by atomic mass is 16.3. The standard InChI is InChI=1S/C15H24N2O2/c1-15(2,7-4-8-16)11-17-14(19)10-12-5-3-6-13(18)9-12/h3,5-6,9,18H,4,7-8,10-11,16H2,1-2H3,(H,17,19). The third kappa shape index (κ3) is 6.25. The molecule has 0 aliphatic heterocycles. The molecule has 0 atom stereocenters. The van der Waals surface area contributed by atoms with E-state index >= 15 is 0 Å². The van der Waals surface area contributed by atoms with Gasteiger partial charge in [-0.05, 0) is 42.5 Å². The van der Waals surface area contributed by atoms with Gasteiger partial charge in [0.2, 0.25) is 5.91 Å². The number of carbonyl (C=O) groups is 1. The van der Waals surface area contributed by atoms with Gasteiger partial charge < -0.3 is 16.2 Å². The average molecular weight is 264 g/mol. The molecule has 0 aliphatic rings. The van der Waals surface area contributed by atoms with E-state index in [0.29, 0.717) is 19.5 Å². The Hall–Kier alpha value is -1.55. The summed E-state index contributed by atoms with van der Waals surface area (Å²) in [6, 6.07) is 6.78. The maximum atomic E-state index is 11.8. The second kappa shape index (κ2) is 7.14. The lowest BCUT2D eigenvalue weighted by Crippen LogP contribution is -2.35. The molecular formula is C15H24N2O2. The summed E-state index contributed by atoms with van der Waals surface area (Å²) < 4.78 is 0. The van der Waals surface area contributed by atoms with Crippen molar-refractivity contribution in [3.63, 3.8) is 0 Å². The Morgan fingerprint density at radius 2 is 2.16 bits per heavy atom. The molecule has 0 heterocycles. The molecule has 0 spiro atoms. The first kappa shape index (κ1) is 15.5. The van der Waals surface area contributed by atoms with Crippen LogP contribution in [0.2, 0.25) is 0 Å².